The number of anilines is 1. The van der Waals surface area contributed by atoms with Gasteiger partial charge in [-0.1, -0.05) is 0 Å². The van der Waals surface area contributed by atoms with Crippen molar-refractivity contribution in [1.29, 1.82) is 0 Å². The molecular formula is C10H17N5O. The van der Waals surface area contributed by atoms with E-state index in [1.807, 2.05) is 11.9 Å². The molecule has 1 amide bonds. The first-order chi connectivity index (χ1) is 7.69. The molecule has 88 valence electrons. The van der Waals surface area contributed by atoms with Gasteiger partial charge in [-0.25, -0.2) is 0 Å². The maximum Gasteiger partial charge on any atom is 0.244 e. The smallest absolute Gasteiger partial charge is 0.244 e. The minimum Gasteiger partial charge on any atom is -0.396 e. The second-order valence-corrected chi connectivity index (χ2v) is 4.09. The van der Waals surface area contributed by atoms with Crippen LogP contribution in [-0.4, -0.2) is 46.8 Å². The molecule has 0 bridgehead atoms. The van der Waals surface area contributed by atoms with Crippen LogP contribution in [0.5, 0.6) is 0 Å². The number of nitrogens with two attached hydrogens (primary N) is 1. The van der Waals surface area contributed by atoms with E-state index in [-0.39, 0.29) is 12.5 Å². The summed E-state index contributed by atoms with van der Waals surface area (Å²) in [7, 11) is 1.92. The average molecular weight is 223 g/mol. The van der Waals surface area contributed by atoms with Gasteiger partial charge in [0.1, 0.15) is 6.54 Å². The second kappa shape index (κ2) is 4.52. The minimum atomic E-state index is 0.0980. The first-order valence-electron chi connectivity index (χ1n) is 5.42. The van der Waals surface area contributed by atoms with Gasteiger partial charge in [-0.15, -0.1) is 0 Å². The lowest BCUT2D eigenvalue weighted by atomic mass is 10.3. The van der Waals surface area contributed by atoms with Gasteiger partial charge in [0, 0.05) is 25.3 Å². The molecule has 1 aliphatic rings. The standard InChI is InChI=1S/C10H17N5O/c1-12-9-2-3-14(6-9)10(16)7-15-5-8(11)4-13-15/h4-5,9,12H,2-3,6-7,11H2,1H3. The Kier molecular flexibility index (Phi) is 3.09. The third-order valence-electron chi connectivity index (χ3n) is 2.90. The quantitative estimate of drug-likeness (QED) is 0.709. The molecule has 1 aromatic rings. The minimum absolute atomic E-state index is 0.0980. The van der Waals surface area contributed by atoms with Gasteiger partial charge in [0.15, 0.2) is 0 Å². The van der Waals surface area contributed by atoms with Gasteiger partial charge in [-0.2, -0.15) is 5.10 Å². The predicted molar refractivity (Wildman–Crippen MR) is 60.7 cm³/mol. The SMILES string of the molecule is CNC1CCN(C(=O)Cn2cc(N)cn2)C1. The van der Waals surface area contributed by atoms with E-state index in [1.54, 1.807) is 17.1 Å². The van der Waals surface area contributed by atoms with Crippen LogP contribution in [-0.2, 0) is 11.3 Å². The molecule has 2 rings (SSSR count). The molecule has 2 heterocycles. The van der Waals surface area contributed by atoms with Crippen molar-refractivity contribution in [3.05, 3.63) is 12.4 Å². The lowest BCUT2D eigenvalue weighted by Gasteiger charge is -2.16. The van der Waals surface area contributed by atoms with Crippen molar-refractivity contribution in [3.8, 4) is 0 Å². The Morgan fingerprint density at radius 2 is 2.56 bits per heavy atom. The highest BCUT2D eigenvalue weighted by atomic mass is 16.2. The number of hydrogen-bond acceptors (Lipinski definition) is 4. The zero-order valence-corrected chi connectivity index (χ0v) is 9.39. The van der Waals surface area contributed by atoms with Crippen LogP contribution in [0.3, 0.4) is 0 Å². The Bertz CT molecular complexity index is 375. The van der Waals surface area contributed by atoms with E-state index >= 15 is 0 Å². The molecular weight excluding hydrogens is 206 g/mol. The zero-order chi connectivity index (χ0) is 11.5. The lowest BCUT2D eigenvalue weighted by molar-refractivity contribution is -0.131. The van der Waals surface area contributed by atoms with Crippen molar-refractivity contribution in [2.45, 2.75) is 19.0 Å². The number of nitrogens with one attached hydrogen (secondary N) is 1. The Hall–Kier alpha value is -1.56. The van der Waals surface area contributed by atoms with Gasteiger partial charge in [-0.3, -0.25) is 9.48 Å². The molecule has 0 radical (unpaired) electrons. The normalized spacial score (nSPS) is 20.3. The van der Waals surface area contributed by atoms with Crippen LogP contribution in [0, 0.1) is 0 Å². The monoisotopic (exact) mass is 223 g/mol. The van der Waals surface area contributed by atoms with E-state index in [1.165, 1.54) is 0 Å². The Labute approximate surface area is 94.4 Å². The summed E-state index contributed by atoms with van der Waals surface area (Å²) < 4.78 is 1.57. The van der Waals surface area contributed by atoms with Crippen LogP contribution in [0.25, 0.3) is 0 Å². The highest BCUT2D eigenvalue weighted by molar-refractivity contribution is 5.76. The number of carbonyl (C=O) groups excluding carboxylic acids is 1. The number of amides is 1. The van der Waals surface area contributed by atoms with Gasteiger partial charge < -0.3 is 16.0 Å². The average Bonchev–Trinajstić information content (AvgIpc) is 2.87. The number of rotatable bonds is 3. The lowest BCUT2D eigenvalue weighted by Crippen LogP contribution is -2.35. The van der Waals surface area contributed by atoms with E-state index in [4.69, 9.17) is 5.73 Å². The van der Waals surface area contributed by atoms with Crippen LogP contribution < -0.4 is 11.1 Å². The van der Waals surface area contributed by atoms with Crippen LogP contribution in [0.1, 0.15) is 6.42 Å². The van der Waals surface area contributed by atoms with Crippen molar-refractivity contribution in [3.63, 3.8) is 0 Å². The number of nitrogen functional groups attached to an aromatic ring is 1. The summed E-state index contributed by atoms with van der Waals surface area (Å²) in [6.45, 7) is 1.88. The number of aromatic nitrogens is 2. The van der Waals surface area contributed by atoms with E-state index < -0.39 is 0 Å². The molecule has 1 aromatic heterocycles. The van der Waals surface area contributed by atoms with Crippen molar-refractivity contribution in [2.24, 2.45) is 0 Å². The summed E-state index contributed by atoms with van der Waals surface area (Å²) in [6, 6.07) is 0.423. The number of likely N-dealkylation sites (N-methyl/N-ethyl adjacent to an activating group) is 1. The third kappa shape index (κ3) is 2.33. The Morgan fingerprint density at radius 1 is 1.75 bits per heavy atom. The van der Waals surface area contributed by atoms with Crippen LogP contribution in [0.15, 0.2) is 12.4 Å². The third-order valence-corrected chi connectivity index (χ3v) is 2.90. The predicted octanol–water partition coefficient (Wildman–Crippen LogP) is -0.714. The van der Waals surface area contributed by atoms with E-state index in [9.17, 15) is 4.79 Å². The van der Waals surface area contributed by atoms with Gasteiger partial charge >= 0.3 is 0 Å². The fourth-order valence-corrected chi connectivity index (χ4v) is 1.93. The molecule has 1 saturated heterocycles. The summed E-state index contributed by atoms with van der Waals surface area (Å²) >= 11 is 0. The summed E-state index contributed by atoms with van der Waals surface area (Å²) in [5.74, 6) is 0.0980. The first kappa shape index (κ1) is 10.9. The van der Waals surface area contributed by atoms with Crippen LogP contribution in [0.4, 0.5) is 5.69 Å². The van der Waals surface area contributed by atoms with E-state index in [0.29, 0.717) is 11.7 Å². The Balaban J connectivity index is 1.89. The maximum atomic E-state index is 11.9. The summed E-state index contributed by atoms with van der Waals surface area (Å²) in [6.07, 6.45) is 4.24. The number of hydrogen-bond donors (Lipinski definition) is 2. The number of nitrogens with zero attached hydrogens (tertiary/aromatic N) is 3. The molecule has 1 atom stereocenters. The van der Waals surface area contributed by atoms with Gasteiger partial charge in [0.2, 0.25) is 5.91 Å². The molecule has 0 spiro atoms. The largest absolute Gasteiger partial charge is 0.396 e. The highest BCUT2D eigenvalue weighted by Crippen LogP contribution is 2.09. The molecule has 6 heteroatoms. The molecule has 0 saturated carbocycles. The molecule has 16 heavy (non-hydrogen) atoms. The number of likely N-dealkylation sites (tertiary alicyclic amines) is 1. The second-order valence-electron chi connectivity index (χ2n) is 4.09. The number of carbonyl (C=O) groups is 1. The molecule has 0 aliphatic carbocycles. The molecule has 0 aromatic carbocycles. The molecule has 1 aliphatic heterocycles. The van der Waals surface area contributed by atoms with Gasteiger partial charge in [0.05, 0.1) is 11.9 Å². The zero-order valence-electron chi connectivity index (χ0n) is 9.39. The highest BCUT2D eigenvalue weighted by Gasteiger charge is 2.24. The van der Waals surface area contributed by atoms with Crippen molar-refractivity contribution >= 4 is 11.6 Å². The van der Waals surface area contributed by atoms with Gasteiger partial charge in [0.25, 0.3) is 0 Å². The molecule has 6 nitrogen and oxygen atoms in total. The molecule has 1 unspecified atom stereocenters. The van der Waals surface area contributed by atoms with Crippen molar-refractivity contribution in [1.82, 2.24) is 20.0 Å². The molecule has 1 fully saturated rings. The maximum absolute atomic E-state index is 11.9. The van der Waals surface area contributed by atoms with Gasteiger partial charge in [-0.05, 0) is 13.5 Å². The fraction of sp³-hybridized carbons (Fsp3) is 0.600. The van der Waals surface area contributed by atoms with Crippen molar-refractivity contribution in [2.75, 3.05) is 25.9 Å². The topological polar surface area (TPSA) is 76.2 Å². The summed E-state index contributed by atoms with van der Waals surface area (Å²) in [5.41, 5.74) is 6.12. The van der Waals surface area contributed by atoms with E-state index in [2.05, 4.69) is 10.4 Å². The van der Waals surface area contributed by atoms with Crippen LogP contribution in [0.2, 0.25) is 0 Å². The van der Waals surface area contributed by atoms with Crippen molar-refractivity contribution < 1.29 is 4.79 Å². The van der Waals surface area contributed by atoms with E-state index in [0.717, 1.165) is 19.5 Å². The molecule has 3 N–H and O–H groups in total. The summed E-state index contributed by atoms with van der Waals surface area (Å²) in [4.78, 5) is 13.7. The van der Waals surface area contributed by atoms with Crippen LogP contribution >= 0.6 is 0 Å². The Morgan fingerprint density at radius 3 is 3.12 bits per heavy atom. The first-order valence-corrected chi connectivity index (χ1v) is 5.42. The fourth-order valence-electron chi connectivity index (χ4n) is 1.93. The summed E-state index contributed by atoms with van der Waals surface area (Å²) in [5, 5.41) is 7.18.